The second kappa shape index (κ2) is 4.79. The Kier molecular flexibility index (Phi) is 3.38. The molecule has 5 heteroatoms. The molecule has 0 radical (unpaired) electrons. The summed E-state index contributed by atoms with van der Waals surface area (Å²) in [6.07, 6.45) is 0. The van der Waals surface area contributed by atoms with Crippen molar-refractivity contribution >= 4 is 5.91 Å². The van der Waals surface area contributed by atoms with E-state index in [-0.39, 0.29) is 5.91 Å². The van der Waals surface area contributed by atoms with Gasteiger partial charge in [-0.25, -0.2) is 9.97 Å². The molecule has 1 aromatic rings. The van der Waals surface area contributed by atoms with Crippen molar-refractivity contribution in [1.29, 1.82) is 0 Å². The Hall–Kier alpha value is -1.49. The van der Waals surface area contributed by atoms with E-state index in [1.54, 1.807) is 4.90 Å². The van der Waals surface area contributed by atoms with E-state index in [0.717, 1.165) is 11.4 Å². The molecular weight excluding hydrogens is 218 g/mol. The zero-order valence-corrected chi connectivity index (χ0v) is 10.5. The van der Waals surface area contributed by atoms with Crippen LogP contribution in [0.15, 0.2) is 0 Å². The number of morpholine rings is 1. The van der Waals surface area contributed by atoms with Gasteiger partial charge in [-0.1, -0.05) is 0 Å². The molecule has 1 aromatic heterocycles. The maximum Gasteiger partial charge on any atom is 0.257 e. The SMILES string of the molecule is Cc1nc(C)c(C(=O)N2CCOCC2)c(C)n1. The predicted octanol–water partition coefficient (Wildman–Crippen LogP) is 0.874. The van der Waals surface area contributed by atoms with Crippen LogP contribution in [0.2, 0.25) is 0 Å². The summed E-state index contributed by atoms with van der Waals surface area (Å²) >= 11 is 0. The van der Waals surface area contributed by atoms with Crippen molar-refractivity contribution in [3.05, 3.63) is 22.8 Å². The maximum atomic E-state index is 12.3. The molecule has 0 unspecified atom stereocenters. The van der Waals surface area contributed by atoms with Crippen LogP contribution in [0.4, 0.5) is 0 Å². The highest BCUT2D eigenvalue weighted by Crippen LogP contribution is 2.14. The van der Waals surface area contributed by atoms with E-state index in [9.17, 15) is 4.79 Å². The molecule has 17 heavy (non-hydrogen) atoms. The Morgan fingerprint density at radius 2 is 1.65 bits per heavy atom. The normalized spacial score (nSPS) is 16.1. The van der Waals surface area contributed by atoms with E-state index in [2.05, 4.69) is 9.97 Å². The van der Waals surface area contributed by atoms with Crippen LogP contribution in [0.5, 0.6) is 0 Å². The topological polar surface area (TPSA) is 55.3 Å². The zero-order chi connectivity index (χ0) is 12.4. The number of amides is 1. The minimum Gasteiger partial charge on any atom is -0.378 e. The van der Waals surface area contributed by atoms with Gasteiger partial charge >= 0.3 is 0 Å². The minimum atomic E-state index is 0.0169. The third-order valence-electron chi connectivity index (χ3n) is 2.89. The lowest BCUT2D eigenvalue weighted by molar-refractivity contribution is 0.0301. The van der Waals surface area contributed by atoms with Crippen LogP contribution < -0.4 is 0 Å². The van der Waals surface area contributed by atoms with Crippen LogP contribution >= 0.6 is 0 Å². The van der Waals surface area contributed by atoms with Crippen LogP contribution in [-0.4, -0.2) is 47.1 Å². The fourth-order valence-corrected chi connectivity index (χ4v) is 2.12. The van der Waals surface area contributed by atoms with Gasteiger partial charge in [-0.15, -0.1) is 0 Å². The molecule has 0 saturated carbocycles. The van der Waals surface area contributed by atoms with E-state index in [1.165, 1.54) is 0 Å². The van der Waals surface area contributed by atoms with E-state index in [1.807, 2.05) is 20.8 Å². The molecule has 92 valence electrons. The quantitative estimate of drug-likeness (QED) is 0.725. The van der Waals surface area contributed by atoms with Gasteiger partial charge in [0.2, 0.25) is 0 Å². The molecule has 0 N–H and O–H groups in total. The molecule has 1 amide bonds. The lowest BCUT2D eigenvalue weighted by Crippen LogP contribution is -2.41. The molecular formula is C12H17N3O2. The highest BCUT2D eigenvalue weighted by atomic mass is 16.5. The number of hydrogen-bond donors (Lipinski definition) is 0. The number of rotatable bonds is 1. The summed E-state index contributed by atoms with van der Waals surface area (Å²) in [5.41, 5.74) is 2.15. The largest absolute Gasteiger partial charge is 0.378 e. The molecule has 0 aliphatic carbocycles. The molecule has 5 nitrogen and oxygen atoms in total. The van der Waals surface area contributed by atoms with Gasteiger partial charge in [-0.3, -0.25) is 4.79 Å². The van der Waals surface area contributed by atoms with Gasteiger partial charge in [0.1, 0.15) is 5.82 Å². The smallest absolute Gasteiger partial charge is 0.257 e. The van der Waals surface area contributed by atoms with E-state index in [0.29, 0.717) is 37.7 Å². The monoisotopic (exact) mass is 235 g/mol. The van der Waals surface area contributed by atoms with Gasteiger partial charge < -0.3 is 9.64 Å². The molecule has 1 fully saturated rings. The Balaban J connectivity index is 2.30. The maximum absolute atomic E-state index is 12.3. The molecule has 0 atom stereocenters. The molecule has 2 rings (SSSR count). The fraction of sp³-hybridized carbons (Fsp3) is 0.583. The van der Waals surface area contributed by atoms with Crippen molar-refractivity contribution in [1.82, 2.24) is 14.9 Å². The molecule has 1 saturated heterocycles. The lowest BCUT2D eigenvalue weighted by Gasteiger charge is -2.27. The van der Waals surface area contributed by atoms with Crippen molar-refractivity contribution in [3.8, 4) is 0 Å². The van der Waals surface area contributed by atoms with Crippen molar-refractivity contribution in [3.63, 3.8) is 0 Å². The second-order valence-corrected chi connectivity index (χ2v) is 4.22. The van der Waals surface area contributed by atoms with Crippen molar-refractivity contribution in [2.45, 2.75) is 20.8 Å². The summed E-state index contributed by atoms with van der Waals surface area (Å²) < 4.78 is 5.24. The number of carbonyl (C=O) groups excluding carboxylic acids is 1. The molecule has 0 spiro atoms. The van der Waals surface area contributed by atoms with Crippen molar-refractivity contribution in [2.24, 2.45) is 0 Å². The Bertz CT molecular complexity index is 416. The lowest BCUT2D eigenvalue weighted by atomic mass is 10.1. The number of hydrogen-bond acceptors (Lipinski definition) is 4. The second-order valence-electron chi connectivity index (χ2n) is 4.22. The fourth-order valence-electron chi connectivity index (χ4n) is 2.12. The molecule has 1 aliphatic rings. The summed E-state index contributed by atoms with van der Waals surface area (Å²) in [5, 5.41) is 0. The van der Waals surface area contributed by atoms with E-state index >= 15 is 0 Å². The van der Waals surface area contributed by atoms with Gasteiger partial charge in [0, 0.05) is 13.1 Å². The predicted molar refractivity (Wildman–Crippen MR) is 63.0 cm³/mol. The first-order chi connectivity index (χ1) is 8.09. The molecule has 1 aliphatic heterocycles. The third-order valence-corrected chi connectivity index (χ3v) is 2.89. The first-order valence-electron chi connectivity index (χ1n) is 5.78. The Labute approximate surface area is 101 Å². The number of nitrogens with zero attached hydrogens (tertiary/aromatic N) is 3. The first kappa shape index (κ1) is 12.0. The van der Waals surface area contributed by atoms with Crippen LogP contribution in [0.1, 0.15) is 27.6 Å². The summed E-state index contributed by atoms with van der Waals surface area (Å²) in [7, 11) is 0. The van der Waals surface area contributed by atoms with Gasteiger partial charge in [0.15, 0.2) is 0 Å². The van der Waals surface area contributed by atoms with Crippen LogP contribution in [-0.2, 0) is 4.74 Å². The average Bonchev–Trinajstić information content (AvgIpc) is 2.28. The zero-order valence-electron chi connectivity index (χ0n) is 10.5. The average molecular weight is 235 g/mol. The number of aryl methyl sites for hydroxylation is 3. The highest BCUT2D eigenvalue weighted by Gasteiger charge is 2.23. The number of ether oxygens (including phenoxy) is 1. The molecule has 0 bridgehead atoms. The number of carbonyl (C=O) groups is 1. The van der Waals surface area contributed by atoms with Crippen LogP contribution in [0.3, 0.4) is 0 Å². The van der Waals surface area contributed by atoms with E-state index < -0.39 is 0 Å². The summed E-state index contributed by atoms with van der Waals surface area (Å²) in [5.74, 6) is 0.724. The van der Waals surface area contributed by atoms with Crippen LogP contribution in [0, 0.1) is 20.8 Å². The molecule has 2 heterocycles. The van der Waals surface area contributed by atoms with Gasteiger partial charge in [0.05, 0.1) is 30.2 Å². The number of aromatic nitrogens is 2. The van der Waals surface area contributed by atoms with Crippen LogP contribution in [0.25, 0.3) is 0 Å². The van der Waals surface area contributed by atoms with Crippen molar-refractivity contribution < 1.29 is 9.53 Å². The van der Waals surface area contributed by atoms with Crippen molar-refractivity contribution in [2.75, 3.05) is 26.3 Å². The first-order valence-corrected chi connectivity index (χ1v) is 5.78. The van der Waals surface area contributed by atoms with Gasteiger partial charge in [-0.2, -0.15) is 0 Å². The summed E-state index contributed by atoms with van der Waals surface area (Å²) in [4.78, 5) is 22.7. The third kappa shape index (κ3) is 2.44. The minimum absolute atomic E-state index is 0.0169. The summed E-state index contributed by atoms with van der Waals surface area (Å²) in [6.45, 7) is 8.05. The van der Waals surface area contributed by atoms with Gasteiger partial charge in [-0.05, 0) is 20.8 Å². The Morgan fingerprint density at radius 1 is 1.12 bits per heavy atom. The van der Waals surface area contributed by atoms with Gasteiger partial charge in [0.25, 0.3) is 5.91 Å². The molecule has 0 aromatic carbocycles. The Morgan fingerprint density at radius 3 is 2.18 bits per heavy atom. The standard InChI is InChI=1S/C12H17N3O2/c1-8-11(9(2)14-10(3)13-8)12(16)15-4-6-17-7-5-15/h4-7H2,1-3H3. The summed E-state index contributed by atoms with van der Waals surface area (Å²) in [6, 6.07) is 0. The van der Waals surface area contributed by atoms with E-state index in [4.69, 9.17) is 4.74 Å². The highest BCUT2D eigenvalue weighted by molar-refractivity contribution is 5.96.